The van der Waals surface area contributed by atoms with Crippen molar-refractivity contribution in [3.8, 4) is 33.4 Å². The Hall–Kier alpha value is -5.72. The third-order valence-corrected chi connectivity index (χ3v) is 11.9. The molecule has 10 aromatic carbocycles. The minimum Gasteiger partial charge on any atom is -0.0561 e. The molecule has 0 amide bonds. The second-order valence-corrected chi connectivity index (χ2v) is 17.8. The van der Waals surface area contributed by atoms with Crippen LogP contribution in [-0.2, 0) is 16.2 Å². The molecule has 0 heterocycles. The molecule has 10 aromatic rings. The van der Waals surface area contributed by atoms with Gasteiger partial charge < -0.3 is 0 Å². The number of rotatable bonds is 2. The molecule has 0 saturated carbocycles. The van der Waals surface area contributed by atoms with Crippen molar-refractivity contribution in [3.63, 3.8) is 0 Å². The molecule has 0 bridgehead atoms. The summed E-state index contributed by atoms with van der Waals surface area (Å²) >= 11 is 0. The van der Waals surface area contributed by atoms with Crippen LogP contribution >= 0.6 is 0 Å². The van der Waals surface area contributed by atoms with Gasteiger partial charge in [0.15, 0.2) is 0 Å². The van der Waals surface area contributed by atoms with Crippen molar-refractivity contribution in [2.45, 2.75) is 71.6 Å². The first-order valence-electron chi connectivity index (χ1n) is 25.9. The summed E-state index contributed by atoms with van der Waals surface area (Å²) in [6.07, 6.45) is 0. The van der Waals surface area contributed by atoms with Gasteiger partial charge in [-0.3, -0.25) is 0 Å². The highest BCUT2D eigenvalue weighted by Crippen LogP contribution is 2.52. The summed E-state index contributed by atoms with van der Waals surface area (Å²) in [5, 5.41) is 2.98. The Morgan fingerprint density at radius 3 is 1.29 bits per heavy atom. The summed E-state index contributed by atoms with van der Waals surface area (Å²) in [5.74, 6) is 0. The molecule has 0 aromatic heterocycles. The van der Waals surface area contributed by atoms with Crippen LogP contribution in [0.15, 0.2) is 133 Å². The van der Waals surface area contributed by atoms with Crippen molar-refractivity contribution in [2.75, 3.05) is 0 Å². The maximum Gasteiger partial charge on any atom is 0.0632 e. The Balaban J connectivity index is 1.15. The third kappa shape index (κ3) is 4.58. The van der Waals surface area contributed by atoms with E-state index in [1.54, 1.807) is 0 Å². The Bertz CT molecular complexity index is 3990. The molecule has 0 heteroatoms. The molecule has 266 valence electrons. The van der Waals surface area contributed by atoms with Gasteiger partial charge in [-0.05, 0) is 143 Å². The molecule has 0 saturated heterocycles. The molecule has 0 spiro atoms. The minimum atomic E-state index is -0.743. The standard InChI is InChI=1S/C55H46/c1-53(2,3)39-25-35-11-9-31-13-19-41(45-23-17-37(27-39)49(35)51(31)45)33-15-21-43-44-22-16-34(30-48(44)55(7,8)47(43)29-33)42-20-14-32-10-12-36-26-40(54(4,5)6)28-38-18-24-46(42)52(32)50(36)38/h9-30H,1-8H3/i9D,10D,11D,12D,13D,14D,17D,18D,19D,20D,23D,24D,25D,27D. The number of benzene rings is 10. The van der Waals surface area contributed by atoms with Crippen LogP contribution in [0.3, 0.4) is 0 Å². The number of fused-ring (bicyclic) bond motifs is 3. The van der Waals surface area contributed by atoms with Gasteiger partial charge in [-0.2, -0.15) is 0 Å². The first kappa shape index (κ1) is 21.4. The van der Waals surface area contributed by atoms with E-state index in [9.17, 15) is 13.7 Å². The lowest BCUT2D eigenvalue weighted by Gasteiger charge is -2.24. The van der Waals surface area contributed by atoms with Crippen LogP contribution in [-0.4, -0.2) is 0 Å². The minimum absolute atomic E-state index is 0.0306. The molecule has 1 aliphatic carbocycles. The number of hydrogen-bond donors (Lipinski definition) is 0. The lowest BCUT2D eigenvalue weighted by Crippen LogP contribution is -2.15. The van der Waals surface area contributed by atoms with E-state index in [4.69, 9.17) is 5.48 Å². The third-order valence-electron chi connectivity index (χ3n) is 11.9. The highest BCUT2D eigenvalue weighted by atomic mass is 14.4. The molecule has 55 heavy (non-hydrogen) atoms. The molecule has 1 aliphatic rings. The Labute approximate surface area is 343 Å². The fraction of sp³-hybridized carbons (Fsp3) is 0.200. The summed E-state index contributed by atoms with van der Waals surface area (Å²) in [6, 6.07) is 12.2. The first-order valence-corrected chi connectivity index (χ1v) is 18.9. The zero-order valence-corrected chi connectivity index (χ0v) is 32.1. The van der Waals surface area contributed by atoms with Crippen LogP contribution in [0, 0.1) is 0 Å². The molecule has 0 radical (unpaired) electrons. The fourth-order valence-electron chi connectivity index (χ4n) is 8.81. The fourth-order valence-corrected chi connectivity index (χ4v) is 8.81. The van der Waals surface area contributed by atoms with Gasteiger partial charge in [-0.1, -0.05) is 176 Å². The monoisotopic (exact) mass is 720 g/mol. The molecule has 0 nitrogen and oxygen atoms in total. The van der Waals surface area contributed by atoms with Crippen molar-refractivity contribution in [1.29, 1.82) is 0 Å². The van der Waals surface area contributed by atoms with Crippen molar-refractivity contribution in [1.82, 2.24) is 0 Å². The molecule has 0 aliphatic heterocycles. The van der Waals surface area contributed by atoms with Gasteiger partial charge in [0.1, 0.15) is 0 Å². The zero-order chi connectivity index (χ0) is 49.9. The van der Waals surface area contributed by atoms with Crippen molar-refractivity contribution in [2.24, 2.45) is 0 Å². The van der Waals surface area contributed by atoms with Crippen molar-refractivity contribution >= 4 is 64.6 Å². The Morgan fingerprint density at radius 2 is 0.800 bits per heavy atom. The highest BCUT2D eigenvalue weighted by Gasteiger charge is 2.36. The van der Waals surface area contributed by atoms with E-state index in [0.717, 1.165) is 27.8 Å². The van der Waals surface area contributed by atoms with E-state index in [0.29, 0.717) is 38.2 Å². The van der Waals surface area contributed by atoms with E-state index in [1.807, 2.05) is 104 Å². The summed E-state index contributed by atoms with van der Waals surface area (Å²) in [4.78, 5) is 0. The van der Waals surface area contributed by atoms with E-state index in [1.165, 1.54) is 0 Å². The average molecular weight is 721 g/mol. The van der Waals surface area contributed by atoms with Crippen molar-refractivity contribution in [3.05, 3.63) is 155 Å². The second-order valence-electron chi connectivity index (χ2n) is 17.8. The van der Waals surface area contributed by atoms with Gasteiger partial charge >= 0.3 is 0 Å². The maximum atomic E-state index is 9.54. The lowest BCUT2D eigenvalue weighted by molar-refractivity contribution is 0.591. The molecule has 0 atom stereocenters. The SMILES string of the molecule is [2H]c1c([2H])c2c([2H])c([2H])c3cc(C(C)(C)C)cc4c([2H])c([2H])c(c1-c1ccc5c(c1)C(C)(C)c1cc(-c6c([2H])c([2H])c7c([2H])c([2H])c8c([2H])c(C(C)(C)C)c([2H])c9c([2H])c([2H])c6c7c89)ccc1-5)c2c34. The van der Waals surface area contributed by atoms with E-state index in [-0.39, 0.29) is 144 Å². The topological polar surface area (TPSA) is 0 Å². The number of hydrogen-bond acceptors (Lipinski definition) is 0. The summed E-state index contributed by atoms with van der Waals surface area (Å²) in [5.41, 5.74) is 4.31. The van der Waals surface area contributed by atoms with E-state index < -0.39 is 10.8 Å². The van der Waals surface area contributed by atoms with Gasteiger partial charge in [-0.25, -0.2) is 0 Å². The molecule has 0 fully saturated rings. The van der Waals surface area contributed by atoms with Crippen molar-refractivity contribution < 1.29 is 19.2 Å². The molecular formula is C55H46. The highest BCUT2D eigenvalue weighted by molar-refractivity contribution is 6.27. The largest absolute Gasteiger partial charge is 0.0632 e. The average Bonchev–Trinajstić information content (AvgIpc) is 3.50. The zero-order valence-electron chi connectivity index (χ0n) is 46.1. The van der Waals surface area contributed by atoms with Crippen LogP contribution in [0.25, 0.3) is 98.0 Å². The van der Waals surface area contributed by atoms with Crippen LogP contribution in [0.1, 0.15) is 96.8 Å². The normalized spacial score (nSPS) is 17.9. The first-order chi connectivity index (χ1) is 32.1. The molecule has 11 rings (SSSR count). The summed E-state index contributed by atoms with van der Waals surface area (Å²) in [6.45, 7) is 15.7. The van der Waals surface area contributed by atoms with Gasteiger partial charge in [0.2, 0.25) is 0 Å². The van der Waals surface area contributed by atoms with Gasteiger partial charge in [0, 0.05) is 5.41 Å². The summed E-state index contributed by atoms with van der Waals surface area (Å²) in [7, 11) is 0. The molecule has 0 N–H and O–H groups in total. The summed E-state index contributed by atoms with van der Waals surface area (Å²) < 4.78 is 131. The van der Waals surface area contributed by atoms with Crippen LogP contribution in [0.5, 0.6) is 0 Å². The van der Waals surface area contributed by atoms with Gasteiger partial charge in [-0.15, -0.1) is 0 Å². The Morgan fingerprint density at radius 1 is 0.400 bits per heavy atom. The van der Waals surface area contributed by atoms with Crippen LogP contribution < -0.4 is 0 Å². The predicted molar refractivity (Wildman–Crippen MR) is 240 cm³/mol. The smallest absolute Gasteiger partial charge is 0.0561 e. The predicted octanol–water partition coefficient (Wildman–Crippen LogP) is 15.7. The van der Waals surface area contributed by atoms with Gasteiger partial charge in [0.25, 0.3) is 0 Å². The van der Waals surface area contributed by atoms with Crippen LogP contribution in [0.2, 0.25) is 0 Å². The van der Waals surface area contributed by atoms with Crippen LogP contribution in [0.4, 0.5) is 0 Å². The van der Waals surface area contributed by atoms with Gasteiger partial charge in [0.05, 0.1) is 19.2 Å². The van der Waals surface area contributed by atoms with E-state index in [2.05, 4.69) is 0 Å². The molecule has 0 unspecified atom stereocenters. The van der Waals surface area contributed by atoms with E-state index >= 15 is 0 Å². The second kappa shape index (κ2) is 10.7. The Kier molecular flexibility index (Phi) is 4.17. The molecular weight excluding hydrogens is 661 g/mol. The quantitative estimate of drug-likeness (QED) is 0.156. The maximum absolute atomic E-state index is 9.54. The lowest BCUT2D eigenvalue weighted by atomic mass is 9.80.